The van der Waals surface area contributed by atoms with Gasteiger partial charge in [-0.05, 0) is 26.0 Å². The van der Waals surface area contributed by atoms with E-state index in [2.05, 4.69) is 20.6 Å². The first-order valence-electron chi connectivity index (χ1n) is 7.53. The molecule has 1 aliphatic heterocycles. The third-order valence-corrected chi connectivity index (χ3v) is 3.60. The van der Waals surface area contributed by atoms with Crippen molar-refractivity contribution in [2.24, 2.45) is 0 Å². The van der Waals surface area contributed by atoms with Crippen LogP contribution in [-0.4, -0.2) is 51.2 Å². The summed E-state index contributed by atoms with van der Waals surface area (Å²) in [7, 11) is 0. The Morgan fingerprint density at radius 3 is 3.00 bits per heavy atom. The lowest BCUT2D eigenvalue weighted by atomic mass is 10.2. The topological polar surface area (TPSA) is 91.2 Å². The van der Waals surface area contributed by atoms with Crippen LogP contribution < -0.4 is 10.1 Å². The molecule has 2 atom stereocenters. The van der Waals surface area contributed by atoms with Crippen molar-refractivity contribution in [1.82, 2.24) is 25.3 Å². The van der Waals surface area contributed by atoms with E-state index in [1.165, 1.54) is 0 Å². The van der Waals surface area contributed by atoms with Crippen LogP contribution in [-0.2, 0) is 11.3 Å². The van der Waals surface area contributed by atoms with Gasteiger partial charge in [0.2, 0.25) is 0 Å². The van der Waals surface area contributed by atoms with Gasteiger partial charge in [-0.15, -0.1) is 5.10 Å². The summed E-state index contributed by atoms with van der Waals surface area (Å²) >= 11 is 0. The lowest BCUT2D eigenvalue weighted by molar-refractivity contribution is 0.0898. The normalized spacial score (nSPS) is 20.4. The van der Waals surface area contributed by atoms with Gasteiger partial charge in [0.15, 0.2) is 11.4 Å². The molecule has 2 aromatic rings. The first-order chi connectivity index (χ1) is 11.2. The Balaban J connectivity index is 1.62. The Hall–Kier alpha value is -2.48. The summed E-state index contributed by atoms with van der Waals surface area (Å²) in [5, 5.41) is 14.8. The summed E-state index contributed by atoms with van der Waals surface area (Å²) in [6.07, 6.45) is 3.22. The molecule has 0 bridgehead atoms. The molecule has 3 rings (SSSR count). The number of hydrogen-bond acceptors (Lipinski definition) is 6. The van der Waals surface area contributed by atoms with Crippen molar-refractivity contribution in [3.63, 3.8) is 0 Å². The molecule has 1 fully saturated rings. The highest BCUT2D eigenvalue weighted by atomic mass is 16.5. The van der Waals surface area contributed by atoms with E-state index in [0.717, 1.165) is 12.2 Å². The van der Waals surface area contributed by atoms with Crippen molar-refractivity contribution in [3.8, 4) is 5.75 Å². The molecule has 8 heteroatoms. The quantitative estimate of drug-likeness (QED) is 0.867. The zero-order valence-corrected chi connectivity index (χ0v) is 13.1. The molecule has 8 nitrogen and oxygen atoms in total. The maximum Gasteiger partial charge on any atom is 0.272 e. The zero-order chi connectivity index (χ0) is 16.2. The summed E-state index contributed by atoms with van der Waals surface area (Å²) in [5.74, 6) is 0.377. The summed E-state index contributed by atoms with van der Waals surface area (Å²) in [6.45, 7) is 5.41. The molecule has 0 spiro atoms. The number of aromatic nitrogens is 4. The van der Waals surface area contributed by atoms with Crippen LogP contribution in [0.1, 0.15) is 23.1 Å². The summed E-state index contributed by atoms with van der Waals surface area (Å²) < 4.78 is 13.1. The molecule has 3 heterocycles. The van der Waals surface area contributed by atoms with Crippen molar-refractivity contribution in [3.05, 3.63) is 35.9 Å². The molecule has 122 valence electrons. The van der Waals surface area contributed by atoms with Crippen molar-refractivity contribution in [1.29, 1.82) is 0 Å². The minimum atomic E-state index is -0.286. The predicted molar refractivity (Wildman–Crippen MR) is 81.2 cm³/mol. The van der Waals surface area contributed by atoms with Crippen molar-refractivity contribution >= 4 is 5.91 Å². The molecule has 2 aromatic heterocycles. The fraction of sp³-hybridized carbons (Fsp3) is 0.467. The monoisotopic (exact) mass is 317 g/mol. The predicted octanol–water partition coefficient (Wildman–Crippen LogP) is 0.578. The maximum atomic E-state index is 12.2. The minimum absolute atomic E-state index is 0.240. The van der Waals surface area contributed by atoms with Crippen molar-refractivity contribution < 1.29 is 14.3 Å². The largest absolute Gasteiger partial charge is 0.482 e. The highest BCUT2D eigenvalue weighted by molar-refractivity contribution is 5.92. The average Bonchev–Trinajstić information content (AvgIpc) is 3.18. The van der Waals surface area contributed by atoms with Crippen LogP contribution >= 0.6 is 0 Å². The molecule has 0 saturated carbocycles. The second-order valence-electron chi connectivity index (χ2n) is 5.37. The Morgan fingerprint density at radius 2 is 2.30 bits per heavy atom. The van der Waals surface area contributed by atoms with Crippen LogP contribution in [0.5, 0.6) is 5.75 Å². The van der Waals surface area contributed by atoms with E-state index >= 15 is 0 Å². The van der Waals surface area contributed by atoms with Gasteiger partial charge in [-0.2, -0.15) is 10.2 Å². The van der Waals surface area contributed by atoms with Crippen LogP contribution in [0.2, 0.25) is 0 Å². The second kappa shape index (κ2) is 6.74. The highest BCUT2D eigenvalue weighted by Gasteiger charge is 2.32. The van der Waals surface area contributed by atoms with Crippen molar-refractivity contribution in [2.45, 2.75) is 32.5 Å². The van der Waals surface area contributed by atoms with Gasteiger partial charge in [-0.25, -0.2) is 0 Å². The fourth-order valence-electron chi connectivity index (χ4n) is 2.30. The third kappa shape index (κ3) is 3.65. The first-order valence-corrected chi connectivity index (χ1v) is 7.53. The van der Waals surface area contributed by atoms with E-state index in [1.54, 1.807) is 23.0 Å². The number of carbonyl (C=O) groups is 1. The van der Waals surface area contributed by atoms with E-state index in [0.29, 0.717) is 19.0 Å². The molecule has 1 saturated heterocycles. The van der Waals surface area contributed by atoms with Crippen LogP contribution in [0, 0.1) is 6.92 Å². The number of nitrogens with zero attached hydrogens (tertiary/aromatic N) is 4. The van der Waals surface area contributed by atoms with Gasteiger partial charge < -0.3 is 14.8 Å². The summed E-state index contributed by atoms with van der Waals surface area (Å²) in [5.41, 5.74) is 1.04. The Labute approximate surface area is 133 Å². The van der Waals surface area contributed by atoms with E-state index in [-0.39, 0.29) is 23.7 Å². The number of rotatable bonds is 5. The molecular weight excluding hydrogens is 298 g/mol. The first kappa shape index (κ1) is 15.4. The standard InChI is InChI=1S/C15H19N5O3/c1-3-20-7-11(6-16-20)23-14-9-22-8-13(14)17-15(21)12-5-4-10(2)18-19-12/h4-7,13-14H,3,8-9H2,1-2H3,(H,17,21)/t13-,14+/m0/s1. The summed E-state index contributed by atoms with van der Waals surface area (Å²) in [4.78, 5) is 12.2. The lowest BCUT2D eigenvalue weighted by Crippen LogP contribution is -2.45. The molecular formula is C15H19N5O3. The van der Waals surface area contributed by atoms with Gasteiger partial charge in [0.25, 0.3) is 5.91 Å². The SMILES string of the molecule is CCn1cc(O[C@@H]2COC[C@@H]2NC(=O)c2ccc(C)nn2)cn1. The number of ether oxygens (including phenoxy) is 2. The smallest absolute Gasteiger partial charge is 0.272 e. The highest BCUT2D eigenvalue weighted by Crippen LogP contribution is 2.17. The Morgan fingerprint density at radius 1 is 1.43 bits per heavy atom. The second-order valence-corrected chi connectivity index (χ2v) is 5.37. The molecule has 0 aliphatic carbocycles. The van der Waals surface area contributed by atoms with Gasteiger partial charge in [-0.3, -0.25) is 9.48 Å². The number of carbonyl (C=O) groups excluding carboxylic acids is 1. The third-order valence-electron chi connectivity index (χ3n) is 3.60. The van der Waals surface area contributed by atoms with E-state index < -0.39 is 0 Å². The van der Waals surface area contributed by atoms with Gasteiger partial charge in [0.05, 0.1) is 37.3 Å². The Kier molecular flexibility index (Phi) is 4.52. The number of nitrogens with one attached hydrogen (secondary N) is 1. The minimum Gasteiger partial charge on any atom is -0.482 e. The molecule has 0 radical (unpaired) electrons. The zero-order valence-electron chi connectivity index (χ0n) is 13.1. The van der Waals surface area contributed by atoms with E-state index in [9.17, 15) is 4.79 Å². The maximum absolute atomic E-state index is 12.2. The summed E-state index contributed by atoms with van der Waals surface area (Å²) in [6, 6.07) is 3.16. The molecule has 23 heavy (non-hydrogen) atoms. The van der Waals surface area contributed by atoms with Gasteiger partial charge in [-0.1, -0.05) is 0 Å². The number of amides is 1. The van der Waals surface area contributed by atoms with Crippen LogP contribution in [0.25, 0.3) is 0 Å². The molecule has 1 N–H and O–H groups in total. The van der Waals surface area contributed by atoms with E-state index in [1.807, 2.05) is 20.0 Å². The lowest BCUT2D eigenvalue weighted by Gasteiger charge is -2.19. The van der Waals surface area contributed by atoms with Crippen LogP contribution in [0.3, 0.4) is 0 Å². The van der Waals surface area contributed by atoms with Crippen molar-refractivity contribution in [2.75, 3.05) is 13.2 Å². The Bertz CT molecular complexity index is 670. The van der Waals surface area contributed by atoms with Crippen LogP contribution in [0.15, 0.2) is 24.5 Å². The van der Waals surface area contributed by atoms with Gasteiger partial charge in [0.1, 0.15) is 6.10 Å². The van der Waals surface area contributed by atoms with E-state index in [4.69, 9.17) is 9.47 Å². The molecule has 0 unspecified atom stereocenters. The molecule has 0 aromatic carbocycles. The molecule has 1 amide bonds. The average molecular weight is 317 g/mol. The number of aryl methyl sites for hydroxylation is 2. The number of hydrogen-bond donors (Lipinski definition) is 1. The fourth-order valence-corrected chi connectivity index (χ4v) is 2.30. The van der Waals surface area contributed by atoms with Crippen LogP contribution in [0.4, 0.5) is 0 Å². The van der Waals surface area contributed by atoms with Gasteiger partial charge in [0, 0.05) is 6.54 Å². The molecule has 1 aliphatic rings. The van der Waals surface area contributed by atoms with Gasteiger partial charge >= 0.3 is 0 Å².